The van der Waals surface area contributed by atoms with Crippen LogP contribution in [0.25, 0.3) is 21.9 Å². The fourth-order valence-corrected chi connectivity index (χ4v) is 5.15. The van der Waals surface area contributed by atoms with Gasteiger partial charge in [-0.15, -0.1) is 0 Å². The minimum atomic E-state index is -0.219. The summed E-state index contributed by atoms with van der Waals surface area (Å²) >= 11 is 0. The van der Waals surface area contributed by atoms with Gasteiger partial charge in [-0.25, -0.2) is 0 Å². The Balaban J connectivity index is 1.64. The van der Waals surface area contributed by atoms with E-state index in [4.69, 9.17) is 4.42 Å². The summed E-state index contributed by atoms with van der Waals surface area (Å²) in [6, 6.07) is 21.2. The van der Waals surface area contributed by atoms with Crippen molar-refractivity contribution in [3.63, 3.8) is 0 Å². The topological polar surface area (TPSA) is 19.6 Å². The van der Waals surface area contributed by atoms with Crippen molar-refractivity contribution in [3.8, 4) is 0 Å². The first-order valence-electron chi connectivity index (χ1n) is 10.6. The molecule has 0 bridgehead atoms. The van der Waals surface area contributed by atoms with E-state index in [0.717, 1.165) is 11.2 Å². The number of benzene rings is 3. The highest BCUT2D eigenvalue weighted by Crippen LogP contribution is 2.43. The molecule has 1 atom stereocenters. The van der Waals surface area contributed by atoms with Gasteiger partial charge in [-0.2, -0.15) is 0 Å². The molecular weight excluding hydrogens is 368 g/mol. The Morgan fingerprint density at radius 1 is 0.800 bits per heavy atom. The molecule has 0 saturated heterocycles. The number of rotatable bonds is 3. The molecule has 1 aromatic heterocycles. The van der Waals surface area contributed by atoms with Gasteiger partial charge >= 0.3 is 0 Å². The number of para-hydroxylation sites is 2. The van der Waals surface area contributed by atoms with Crippen LogP contribution in [0.3, 0.4) is 0 Å². The number of nitrogens with zero attached hydrogens (tertiary/aromatic N) is 2. The van der Waals surface area contributed by atoms with E-state index >= 15 is 0 Å². The number of hydrogen-bond donors (Lipinski definition) is 0. The van der Waals surface area contributed by atoms with Gasteiger partial charge in [0.2, 0.25) is 0 Å². The third-order valence-electron chi connectivity index (χ3n) is 6.60. The van der Waals surface area contributed by atoms with E-state index in [1.165, 1.54) is 33.2 Å². The third-order valence-corrected chi connectivity index (χ3v) is 6.60. The maximum Gasteiger partial charge on any atom is 0.135 e. The van der Waals surface area contributed by atoms with Gasteiger partial charge in [0.1, 0.15) is 17.3 Å². The standard InChI is InChI=1S/C27H28N2O/c1-18-10-6-8-12-22(18)28-16-17-29(20(28)3)27(4,5)26-19(2)14-15-24-25(26)21-11-7-9-13-23(21)30-24/h6-17,20H,1-5H3/t20-/m1/s1. The number of aryl methyl sites for hydroxylation is 2. The minimum Gasteiger partial charge on any atom is -0.456 e. The Morgan fingerprint density at radius 2 is 1.53 bits per heavy atom. The van der Waals surface area contributed by atoms with Crippen molar-refractivity contribution in [2.24, 2.45) is 0 Å². The Hall–Kier alpha value is -3.20. The smallest absolute Gasteiger partial charge is 0.135 e. The van der Waals surface area contributed by atoms with Crippen LogP contribution in [0.5, 0.6) is 0 Å². The van der Waals surface area contributed by atoms with E-state index < -0.39 is 0 Å². The maximum absolute atomic E-state index is 6.19. The molecule has 4 aromatic rings. The highest BCUT2D eigenvalue weighted by atomic mass is 16.3. The molecular formula is C27H28N2O. The molecule has 0 N–H and O–H groups in total. The van der Waals surface area contributed by atoms with Crippen molar-refractivity contribution in [1.82, 2.24) is 4.90 Å². The lowest BCUT2D eigenvalue weighted by molar-refractivity contribution is 0.154. The normalized spacial score (nSPS) is 16.9. The van der Waals surface area contributed by atoms with Crippen molar-refractivity contribution < 1.29 is 4.42 Å². The predicted octanol–water partition coefficient (Wildman–Crippen LogP) is 7.08. The van der Waals surface area contributed by atoms with Crippen LogP contribution in [0.2, 0.25) is 0 Å². The fourth-order valence-electron chi connectivity index (χ4n) is 5.15. The second kappa shape index (κ2) is 6.66. The van der Waals surface area contributed by atoms with E-state index in [0.29, 0.717) is 0 Å². The molecule has 0 aliphatic carbocycles. The highest BCUT2D eigenvalue weighted by molar-refractivity contribution is 6.07. The summed E-state index contributed by atoms with van der Waals surface area (Å²) in [6.07, 6.45) is 4.64. The summed E-state index contributed by atoms with van der Waals surface area (Å²) in [5.74, 6) is 0. The van der Waals surface area contributed by atoms with Gasteiger partial charge in [0.25, 0.3) is 0 Å². The SMILES string of the molecule is Cc1ccccc1N1C=CN(C(C)(C)c2c(C)ccc3oc4ccccc4c23)[C@@H]1C. The van der Waals surface area contributed by atoms with Gasteiger partial charge in [-0.05, 0) is 69.5 Å². The van der Waals surface area contributed by atoms with Gasteiger partial charge in [0.05, 0.1) is 5.54 Å². The molecule has 0 unspecified atom stereocenters. The number of anilines is 1. The average Bonchev–Trinajstić information content (AvgIpc) is 3.29. The molecule has 1 aliphatic heterocycles. The summed E-state index contributed by atoms with van der Waals surface area (Å²) in [4.78, 5) is 4.82. The zero-order valence-corrected chi connectivity index (χ0v) is 18.3. The Morgan fingerprint density at radius 3 is 2.33 bits per heavy atom. The number of furan rings is 1. The summed E-state index contributed by atoms with van der Waals surface area (Å²) in [5, 5.41) is 2.41. The molecule has 152 valence electrons. The summed E-state index contributed by atoms with van der Waals surface area (Å²) in [7, 11) is 0. The second-order valence-electron chi connectivity index (χ2n) is 8.82. The Bertz CT molecular complexity index is 1280. The van der Waals surface area contributed by atoms with Crippen LogP contribution in [0.1, 0.15) is 37.5 Å². The molecule has 1 aliphatic rings. The number of hydrogen-bond acceptors (Lipinski definition) is 3. The molecule has 0 amide bonds. The van der Waals surface area contributed by atoms with Crippen molar-refractivity contribution in [1.29, 1.82) is 0 Å². The Labute approximate surface area is 178 Å². The first kappa shape index (κ1) is 18.8. The van der Waals surface area contributed by atoms with E-state index in [2.05, 4.69) is 111 Å². The number of fused-ring (bicyclic) bond motifs is 3. The zero-order chi connectivity index (χ0) is 21.0. The van der Waals surface area contributed by atoms with Crippen LogP contribution in [-0.4, -0.2) is 11.1 Å². The molecule has 0 spiro atoms. The molecule has 2 heterocycles. The highest BCUT2D eigenvalue weighted by Gasteiger charge is 2.38. The maximum atomic E-state index is 6.19. The monoisotopic (exact) mass is 396 g/mol. The van der Waals surface area contributed by atoms with Crippen LogP contribution in [-0.2, 0) is 5.54 Å². The van der Waals surface area contributed by atoms with Crippen LogP contribution in [0, 0.1) is 13.8 Å². The summed E-state index contributed by atoms with van der Waals surface area (Å²) < 4.78 is 6.19. The first-order valence-corrected chi connectivity index (χ1v) is 10.6. The molecule has 3 heteroatoms. The average molecular weight is 397 g/mol. The summed E-state index contributed by atoms with van der Waals surface area (Å²) in [5.41, 5.74) is 6.83. The van der Waals surface area contributed by atoms with Crippen molar-refractivity contribution >= 4 is 27.6 Å². The molecule has 0 saturated carbocycles. The quantitative estimate of drug-likeness (QED) is 0.369. The van der Waals surface area contributed by atoms with E-state index in [-0.39, 0.29) is 11.7 Å². The van der Waals surface area contributed by atoms with Crippen LogP contribution in [0.4, 0.5) is 5.69 Å². The molecule has 5 rings (SSSR count). The molecule has 3 aromatic carbocycles. The lowest BCUT2D eigenvalue weighted by Crippen LogP contribution is -2.46. The van der Waals surface area contributed by atoms with Crippen molar-refractivity contribution in [3.05, 3.63) is 89.8 Å². The van der Waals surface area contributed by atoms with E-state index in [1.54, 1.807) is 0 Å². The van der Waals surface area contributed by atoms with Crippen LogP contribution < -0.4 is 4.90 Å². The largest absolute Gasteiger partial charge is 0.456 e. The van der Waals surface area contributed by atoms with Crippen molar-refractivity contribution in [2.45, 2.75) is 46.3 Å². The molecule has 3 nitrogen and oxygen atoms in total. The fraction of sp³-hybridized carbons (Fsp3) is 0.259. The summed E-state index contributed by atoms with van der Waals surface area (Å²) in [6.45, 7) is 11.3. The zero-order valence-electron chi connectivity index (χ0n) is 18.3. The predicted molar refractivity (Wildman–Crippen MR) is 126 cm³/mol. The minimum absolute atomic E-state index is 0.203. The lowest BCUT2D eigenvalue weighted by atomic mass is 9.85. The third kappa shape index (κ3) is 2.65. The van der Waals surface area contributed by atoms with Crippen LogP contribution >= 0.6 is 0 Å². The van der Waals surface area contributed by atoms with Crippen molar-refractivity contribution in [2.75, 3.05) is 4.90 Å². The second-order valence-corrected chi connectivity index (χ2v) is 8.82. The molecule has 0 fully saturated rings. The van der Waals surface area contributed by atoms with E-state index in [1.807, 2.05) is 6.07 Å². The van der Waals surface area contributed by atoms with Gasteiger partial charge in [0.15, 0.2) is 0 Å². The molecule has 0 radical (unpaired) electrons. The van der Waals surface area contributed by atoms with Gasteiger partial charge < -0.3 is 14.2 Å². The van der Waals surface area contributed by atoms with Crippen LogP contribution in [0.15, 0.2) is 77.5 Å². The van der Waals surface area contributed by atoms with Gasteiger partial charge in [-0.3, -0.25) is 0 Å². The Kier molecular flexibility index (Phi) is 4.18. The van der Waals surface area contributed by atoms with Gasteiger partial charge in [-0.1, -0.05) is 42.5 Å². The first-order chi connectivity index (χ1) is 14.4. The van der Waals surface area contributed by atoms with Gasteiger partial charge in [0, 0.05) is 28.9 Å². The van der Waals surface area contributed by atoms with E-state index in [9.17, 15) is 0 Å². The molecule has 30 heavy (non-hydrogen) atoms. The lowest BCUT2D eigenvalue weighted by Gasteiger charge is -2.43.